The Morgan fingerprint density at radius 2 is 1.90 bits per heavy atom. The summed E-state index contributed by atoms with van der Waals surface area (Å²) < 4.78 is 13.3. The van der Waals surface area contributed by atoms with Crippen LogP contribution in [0.4, 0.5) is 0 Å². The van der Waals surface area contributed by atoms with Crippen LogP contribution in [-0.4, -0.2) is 24.3 Å². The number of carbonyl (C=O) groups excluding carboxylic acids is 1. The van der Waals surface area contributed by atoms with Crippen LogP contribution in [0.3, 0.4) is 0 Å². The number of hydrogen-bond donors (Lipinski definition) is 0. The molecular weight excluding hydrogens is 372 g/mol. The van der Waals surface area contributed by atoms with Gasteiger partial charge in [0.15, 0.2) is 5.79 Å². The summed E-state index contributed by atoms with van der Waals surface area (Å²) in [6.45, 7) is 10.7. The number of hydrogen-bond acceptors (Lipinski definition) is 3. The molecule has 10 atom stereocenters. The zero-order valence-corrected chi connectivity index (χ0v) is 19.4. The molecular formula is C27H40O3. The van der Waals surface area contributed by atoms with Gasteiger partial charge in [0, 0.05) is 25.2 Å². The maximum absolute atomic E-state index is 12.1. The van der Waals surface area contributed by atoms with Crippen LogP contribution in [-0.2, 0) is 14.3 Å². The highest BCUT2D eigenvalue weighted by atomic mass is 16.7. The van der Waals surface area contributed by atoms with Crippen molar-refractivity contribution in [3.8, 4) is 0 Å². The number of allylic oxidation sites excluding steroid dienone is 2. The minimum Gasteiger partial charge on any atom is -0.349 e. The summed E-state index contributed by atoms with van der Waals surface area (Å²) in [7, 11) is 0. The number of Topliss-reactive ketones (excluding diaryl/α,β-unsaturated/α-hetero) is 1. The molecule has 2 heterocycles. The van der Waals surface area contributed by atoms with E-state index in [1.807, 2.05) is 0 Å². The molecule has 0 amide bonds. The lowest BCUT2D eigenvalue weighted by molar-refractivity contribution is -0.272. The maximum atomic E-state index is 12.1. The van der Waals surface area contributed by atoms with Crippen molar-refractivity contribution in [2.24, 2.45) is 46.3 Å². The Balaban J connectivity index is 1.29. The molecule has 30 heavy (non-hydrogen) atoms. The van der Waals surface area contributed by atoms with Crippen molar-refractivity contribution >= 4 is 5.78 Å². The largest absolute Gasteiger partial charge is 0.349 e. The van der Waals surface area contributed by atoms with E-state index in [9.17, 15) is 4.79 Å². The fourth-order valence-electron chi connectivity index (χ4n) is 9.49. The first kappa shape index (κ1) is 20.0. The summed E-state index contributed by atoms with van der Waals surface area (Å²) in [5.41, 5.74) is 2.13. The molecule has 0 aromatic carbocycles. The van der Waals surface area contributed by atoms with Crippen LogP contribution in [0.25, 0.3) is 0 Å². The van der Waals surface area contributed by atoms with Crippen LogP contribution in [0.1, 0.15) is 85.5 Å². The van der Waals surface area contributed by atoms with Crippen molar-refractivity contribution in [3.63, 3.8) is 0 Å². The van der Waals surface area contributed by atoms with Gasteiger partial charge in [-0.15, -0.1) is 0 Å². The number of ketones is 1. The molecule has 0 N–H and O–H groups in total. The first-order chi connectivity index (χ1) is 14.3. The predicted molar refractivity (Wildman–Crippen MR) is 117 cm³/mol. The van der Waals surface area contributed by atoms with Crippen LogP contribution < -0.4 is 0 Å². The lowest BCUT2D eigenvalue weighted by atomic mass is 9.47. The van der Waals surface area contributed by atoms with Gasteiger partial charge < -0.3 is 9.47 Å². The molecule has 3 nitrogen and oxygen atoms in total. The van der Waals surface area contributed by atoms with Crippen LogP contribution in [0.2, 0.25) is 0 Å². The van der Waals surface area contributed by atoms with Crippen molar-refractivity contribution in [1.29, 1.82) is 0 Å². The summed E-state index contributed by atoms with van der Waals surface area (Å²) in [4.78, 5) is 12.1. The number of rotatable bonds is 0. The molecule has 2 aliphatic heterocycles. The van der Waals surface area contributed by atoms with E-state index < -0.39 is 0 Å². The molecule has 166 valence electrons. The van der Waals surface area contributed by atoms with Crippen molar-refractivity contribution in [2.75, 3.05) is 6.61 Å². The molecule has 2 saturated heterocycles. The SMILES string of the molecule is C[C@H]1CC[C@]2(OC1)O[C@H]1C[C@@H]3[C@@H]4CC=C5CC(=O)CC[C@]5(C)[C@H]4CC[C@]3(C)[C@H]1[C@H]2C. The molecule has 3 saturated carbocycles. The van der Waals surface area contributed by atoms with Gasteiger partial charge >= 0.3 is 0 Å². The second kappa shape index (κ2) is 6.44. The molecule has 0 aromatic heterocycles. The Hall–Kier alpha value is -0.670. The Morgan fingerprint density at radius 1 is 1.07 bits per heavy atom. The second-order valence-electron chi connectivity index (χ2n) is 12.5. The first-order valence-electron chi connectivity index (χ1n) is 12.8. The minimum absolute atomic E-state index is 0.270. The van der Waals surface area contributed by atoms with E-state index in [1.165, 1.54) is 37.7 Å². The standard InChI is InChI=1S/C27H40O3/c1-16-7-12-27(29-15-16)17(2)24-23(30-27)14-22-20-6-5-18-13-19(28)8-10-25(18,3)21(20)9-11-26(22,24)4/h5,16-17,20-24H,6-15H2,1-4H3/t16-,17+,20+,21-,22+,23-,24-,25-,26-,27-/m0/s1. The Kier molecular flexibility index (Phi) is 4.29. The maximum Gasteiger partial charge on any atom is 0.171 e. The highest BCUT2D eigenvalue weighted by molar-refractivity contribution is 5.82. The smallest absolute Gasteiger partial charge is 0.171 e. The zero-order valence-electron chi connectivity index (χ0n) is 19.4. The van der Waals surface area contributed by atoms with Gasteiger partial charge in [-0.3, -0.25) is 4.79 Å². The number of carbonyl (C=O) groups is 1. The van der Waals surface area contributed by atoms with Gasteiger partial charge in [-0.2, -0.15) is 0 Å². The van der Waals surface area contributed by atoms with Gasteiger partial charge in [0.1, 0.15) is 5.78 Å². The molecule has 6 rings (SSSR count). The van der Waals surface area contributed by atoms with Crippen molar-refractivity contribution in [3.05, 3.63) is 11.6 Å². The van der Waals surface area contributed by atoms with Gasteiger partial charge in [-0.05, 0) is 78.9 Å². The average Bonchev–Trinajstić information content (AvgIpc) is 3.16. The molecule has 6 aliphatic rings. The fourth-order valence-corrected chi connectivity index (χ4v) is 9.49. The van der Waals surface area contributed by atoms with Crippen LogP contribution in [0.5, 0.6) is 0 Å². The van der Waals surface area contributed by atoms with Gasteiger partial charge in [0.25, 0.3) is 0 Å². The van der Waals surface area contributed by atoms with E-state index in [1.54, 1.807) is 0 Å². The van der Waals surface area contributed by atoms with Crippen LogP contribution >= 0.6 is 0 Å². The monoisotopic (exact) mass is 412 g/mol. The lowest BCUT2D eigenvalue weighted by Crippen LogP contribution is -2.52. The van der Waals surface area contributed by atoms with E-state index in [0.29, 0.717) is 35.1 Å². The molecule has 0 bridgehead atoms. The summed E-state index contributed by atoms with van der Waals surface area (Å²) in [6, 6.07) is 0. The highest BCUT2D eigenvalue weighted by Crippen LogP contribution is 2.70. The number of ether oxygens (including phenoxy) is 2. The zero-order chi connectivity index (χ0) is 20.9. The third-order valence-corrected chi connectivity index (χ3v) is 11.2. The molecule has 5 fully saturated rings. The van der Waals surface area contributed by atoms with Crippen molar-refractivity contribution in [2.45, 2.75) is 97.4 Å². The van der Waals surface area contributed by atoms with Gasteiger partial charge in [-0.25, -0.2) is 0 Å². The summed E-state index contributed by atoms with van der Waals surface area (Å²) in [5.74, 6) is 4.26. The van der Waals surface area contributed by atoms with Gasteiger partial charge in [0.2, 0.25) is 0 Å². The van der Waals surface area contributed by atoms with E-state index in [0.717, 1.165) is 50.0 Å². The molecule has 4 aliphatic carbocycles. The van der Waals surface area contributed by atoms with E-state index >= 15 is 0 Å². The lowest BCUT2D eigenvalue weighted by Gasteiger charge is -2.58. The minimum atomic E-state index is -0.304. The van der Waals surface area contributed by atoms with Crippen LogP contribution in [0.15, 0.2) is 11.6 Å². The second-order valence-corrected chi connectivity index (χ2v) is 12.5. The average molecular weight is 413 g/mol. The molecule has 0 aromatic rings. The van der Waals surface area contributed by atoms with Crippen molar-refractivity contribution < 1.29 is 14.3 Å². The van der Waals surface area contributed by atoms with Crippen molar-refractivity contribution in [1.82, 2.24) is 0 Å². The third kappa shape index (κ3) is 2.48. The molecule has 0 unspecified atom stereocenters. The predicted octanol–water partition coefficient (Wildman–Crippen LogP) is 5.92. The Bertz CT molecular complexity index is 777. The topological polar surface area (TPSA) is 35.5 Å². The molecule has 1 spiro atoms. The molecule has 0 radical (unpaired) electrons. The third-order valence-electron chi connectivity index (χ3n) is 11.2. The summed E-state index contributed by atoms with van der Waals surface area (Å²) >= 11 is 0. The fraction of sp³-hybridized carbons (Fsp3) is 0.889. The van der Waals surface area contributed by atoms with Gasteiger partial charge in [0.05, 0.1) is 12.7 Å². The highest BCUT2D eigenvalue weighted by Gasteiger charge is 2.68. The van der Waals surface area contributed by atoms with E-state index in [4.69, 9.17) is 9.47 Å². The summed E-state index contributed by atoms with van der Waals surface area (Å²) in [6.07, 6.45) is 12.9. The summed E-state index contributed by atoms with van der Waals surface area (Å²) in [5, 5.41) is 0. The number of fused-ring (bicyclic) bond motifs is 7. The molecule has 3 heteroatoms. The Labute approximate surface area is 182 Å². The normalized spacial score (nSPS) is 57.4. The first-order valence-corrected chi connectivity index (χ1v) is 12.8. The van der Waals surface area contributed by atoms with E-state index in [-0.39, 0.29) is 11.2 Å². The van der Waals surface area contributed by atoms with Crippen LogP contribution in [0, 0.1) is 46.3 Å². The van der Waals surface area contributed by atoms with Gasteiger partial charge in [-0.1, -0.05) is 39.3 Å². The Morgan fingerprint density at radius 3 is 2.67 bits per heavy atom. The quantitative estimate of drug-likeness (QED) is 0.463. The van der Waals surface area contributed by atoms with E-state index in [2.05, 4.69) is 33.8 Å².